The molecule has 0 aliphatic rings. The monoisotopic (exact) mass is 249 g/mol. The number of nitrogens with one attached hydrogen (secondary N) is 2. The van der Waals surface area contributed by atoms with E-state index in [9.17, 15) is 14.4 Å². The van der Waals surface area contributed by atoms with Crippen molar-refractivity contribution in [1.82, 2.24) is 10.9 Å². The number of benzene rings is 1. The highest BCUT2D eigenvalue weighted by Crippen LogP contribution is 2.08. The zero-order valence-corrected chi connectivity index (χ0v) is 9.21. The van der Waals surface area contributed by atoms with Crippen molar-refractivity contribution in [3.05, 3.63) is 41.5 Å². The van der Waals surface area contributed by atoms with Gasteiger partial charge >= 0.3 is 5.91 Å². The van der Waals surface area contributed by atoms with Gasteiger partial charge in [-0.2, -0.15) is 0 Å². The smallest absolute Gasteiger partial charge is 0.288 e. The van der Waals surface area contributed by atoms with Crippen LogP contribution in [0.3, 0.4) is 0 Å². The quantitative estimate of drug-likeness (QED) is 0.108. The summed E-state index contributed by atoms with van der Waals surface area (Å²) >= 11 is 0. The molecule has 1 aromatic carbocycles. The molecule has 0 heterocycles. The first-order valence-corrected chi connectivity index (χ1v) is 4.86. The number of hydrogen-bond acceptors (Lipinski definition) is 5. The van der Waals surface area contributed by atoms with Crippen molar-refractivity contribution in [2.24, 2.45) is 5.84 Å². The molecule has 94 valence electrons. The van der Waals surface area contributed by atoms with Crippen LogP contribution in [-0.4, -0.2) is 22.8 Å². The maximum absolute atomic E-state index is 11.5. The fraction of sp³-hybridized carbons (Fsp3) is 0. The zero-order valence-electron chi connectivity index (χ0n) is 9.21. The second kappa shape index (κ2) is 6.28. The molecule has 0 aliphatic heterocycles. The predicted octanol–water partition coefficient (Wildman–Crippen LogP) is -0.622. The van der Waals surface area contributed by atoms with Crippen LogP contribution < -0.4 is 16.7 Å². The van der Waals surface area contributed by atoms with E-state index in [0.29, 0.717) is 5.56 Å². The molecule has 7 nitrogen and oxygen atoms in total. The van der Waals surface area contributed by atoms with Crippen molar-refractivity contribution in [2.45, 2.75) is 0 Å². The van der Waals surface area contributed by atoms with Crippen LogP contribution in [-0.2, 0) is 9.59 Å². The summed E-state index contributed by atoms with van der Waals surface area (Å²) in [5, 5.41) is 8.29. The highest BCUT2D eigenvalue weighted by atomic mass is 16.5. The van der Waals surface area contributed by atoms with E-state index < -0.39 is 17.6 Å². The van der Waals surface area contributed by atoms with Crippen molar-refractivity contribution in [3.63, 3.8) is 0 Å². The Labute approximate surface area is 102 Å². The van der Waals surface area contributed by atoms with Crippen molar-refractivity contribution in [2.75, 3.05) is 0 Å². The van der Waals surface area contributed by atoms with E-state index >= 15 is 0 Å². The molecule has 0 aromatic heterocycles. The summed E-state index contributed by atoms with van der Waals surface area (Å²) in [7, 11) is 0. The first-order chi connectivity index (χ1) is 8.58. The molecule has 0 saturated heterocycles. The molecule has 5 N–H and O–H groups in total. The summed E-state index contributed by atoms with van der Waals surface area (Å²) < 4.78 is 0. The molecular formula is C11H11N3O4. The van der Waals surface area contributed by atoms with Crippen molar-refractivity contribution in [1.29, 1.82) is 0 Å². The lowest BCUT2D eigenvalue weighted by Gasteiger charge is -2.00. The van der Waals surface area contributed by atoms with E-state index in [4.69, 9.17) is 11.0 Å². The minimum Gasteiger partial charge on any atom is -0.288 e. The highest BCUT2D eigenvalue weighted by molar-refractivity contribution is 6.42. The summed E-state index contributed by atoms with van der Waals surface area (Å²) in [5.74, 6) is 2.44. The number of ketones is 1. The van der Waals surface area contributed by atoms with Gasteiger partial charge in [-0.1, -0.05) is 18.2 Å². The number of hydroxylamine groups is 1. The summed E-state index contributed by atoms with van der Waals surface area (Å²) in [4.78, 5) is 33.3. The van der Waals surface area contributed by atoms with Crippen molar-refractivity contribution in [3.8, 4) is 0 Å². The van der Waals surface area contributed by atoms with E-state index in [-0.39, 0.29) is 5.56 Å². The molecular weight excluding hydrogens is 238 g/mol. The molecule has 1 rings (SSSR count). The minimum atomic E-state index is -0.927. The maximum atomic E-state index is 11.5. The first kappa shape index (κ1) is 13.6. The van der Waals surface area contributed by atoms with Gasteiger partial charge in [0.1, 0.15) is 0 Å². The second-order valence-corrected chi connectivity index (χ2v) is 3.24. The number of hydrogen-bond donors (Lipinski definition) is 4. The van der Waals surface area contributed by atoms with E-state index in [1.165, 1.54) is 23.7 Å². The van der Waals surface area contributed by atoms with Crippen LogP contribution in [0.5, 0.6) is 0 Å². The minimum absolute atomic E-state index is 0.143. The Balaban J connectivity index is 2.92. The molecule has 0 atom stereocenters. The third kappa shape index (κ3) is 3.51. The van der Waals surface area contributed by atoms with Crippen LogP contribution in [0.15, 0.2) is 30.3 Å². The van der Waals surface area contributed by atoms with E-state index in [1.807, 2.05) is 0 Å². The Kier molecular flexibility index (Phi) is 4.73. The molecule has 2 amide bonds. The Morgan fingerprint density at radius 3 is 2.61 bits per heavy atom. The SMILES string of the molecule is NNC(=O)C(=O)c1cccc(/C=C/C(=O)NO)c1. The van der Waals surface area contributed by atoms with Gasteiger partial charge in [-0.25, -0.2) is 11.3 Å². The number of nitrogens with two attached hydrogens (primary N) is 1. The van der Waals surface area contributed by atoms with Gasteiger partial charge in [0, 0.05) is 11.6 Å². The number of amides is 2. The Morgan fingerprint density at radius 1 is 1.28 bits per heavy atom. The number of carbonyl (C=O) groups is 3. The number of rotatable bonds is 4. The zero-order chi connectivity index (χ0) is 13.5. The fourth-order valence-electron chi connectivity index (χ4n) is 1.19. The van der Waals surface area contributed by atoms with Crippen molar-refractivity contribution >= 4 is 23.7 Å². The van der Waals surface area contributed by atoms with Crippen LogP contribution in [0.2, 0.25) is 0 Å². The summed E-state index contributed by atoms with van der Waals surface area (Å²) in [6.07, 6.45) is 2.45. The Morgan fingerprint density at radius 2 is 2.00 bits per heavy atom. The molecule has 0 saturated carbocycles. The fourth-order valence-corrected chi connectivity index (χ4v) is 1.19. The molecule has 18 heavy (non-hydrogen) atoms. The third-order valence-electron chi connectivity index (χ3n) is 2.02. The van der Waals surface area contributed by atoms with Crippen LogP contribution in [0.4, 0.5) is 0 Å². The van der Waals surface area contributed by atoms with Crippen LogP contribution in [0.25, 0.3) is 6.08 Å². The van der Waals surface area contributed by atoms with Gasteiger partial charge in [-0.3, -0.25) is 25.0 Å². The molecule has 0 bridgehead atoms. The van der Waals surface area contributed by atoms with Gasteiger partial charge < -0.3 is 0 Å². The second-order valence-electron chi connectivity index (χ2n) is 3.24. The Bertz CT molecular complexity index is 511. The summed E-state index contributed by atoms with van der Waals surface area (Å²) in [5.41, 5.74) is 3.83. The van der Waals surface area contributed by atoms with Crippen LogP contribution >= 0.6 is 0 Å². The van der Waals surface area contributed by atoms with Gasteiger partial charge in [-0.15, -0.1) is 0 Å². The predicted molar refractivity (Wildman–Crippen MR) is 62.1 cm³/mol. The average molecular weight is 249 g/mol. The summed E-state index contributed by atoms with van der Waals surface area (Å²) in [6, 6.07) is 6.03. The van der Waals surface area contributed by atoms with E-state index in [0.717, 1.165) is 6.08 Å². The highest BCUT2D eigenvalue weighted by Gasteiger charge is 2.14. The van der Waals surface area contributed by atoms with Gasteiger partial charge in [0.2, 0.25) is 0 Å². The molecule has 0 aliphatic carbocycles. The van der Waals surface area contributed by atoms with Gasteiger partial charge in [0.15, 0.2) is 0 Å². The lowest BCUT2D eigenvalue weighted by molar-refractivity contribution is -0.124. The van der Waals surface area contributed by atoms with E-state index in [2.05, 4.69) is 0 Å². The molecule has 0 spiro atoms. The van der Waals surface area contributed by atoms with Crippen LogP contribution in [0.1, 0.15) is 15.9 Å². The molecule has 0 radical (unpaired) electrons. The topological polar surface area (TPSA) is 122 Å². The molecule has 0 unspecified atom stereocenters. The van der Waals surface area contributed by atoms with Gasteiger partial charge in [0.05, 0.1) is 0 Å². The Hall–Kier alpha value is -2.51. The van der Waals surface area contributed by atoms with Gasteiger partial charge in [-0.05, 0) is 17.7 Å². The van der Waals surface area contributed by atoms with Gasteiger partial charge in [0.25, 0.3) is 11.7 Å². The number of carbonyl (C=O) groups excluding carboxylic acids is 3. The number of hydrazine groups is 1. The normalized spacial score (nSPS) is 10.1. The molecule has 0 fully saturated rings. The summed E-state index contributed by atoms with van der Waals surface area (Å²) in [6.45, 7) is 0. The number of Topliss-reactive ketones (excluding diaryl/α,β-unsaturated/α-hetero) is 1. The third-order valence-corrected chi connectivity index (χ3v) is 2.02. The maximum Gasteiger partial charge on any atom is 0.306 e. The molecule has 7 heteroatoms. The standard InChI is InChI=1S/C11H11N3O4/c12-13-11(17)10(16)8-3-1-2-7(6-8)4-5-9(15)14-18/h1-6,18H,12H2,(H,13,17)(H,14,15)/b5-4+. The lowest BCUT2D eigenvalue weighted by atomic mass is 10.1. The average Bonchev–Trinajstić information content (AvgIpc) is 2.43. The van der Waals surface area contributed by atoms with Crippen LogP contribution in [0, 0.1) is 0 Å². The van der Waals surface area contributed by atoms with Crippen molar-refractivity contribution < 1.29 is 19.6 Å². The largest absolute Gasteiger partial charge is 0.306 e. The molecule has 1 aromatic rings. The first-order valence-electron chi connectivity index (χ1n) is 4.86. The lowest BCUT2D eigenvalue weighted by Crippen LogP contribution is -2.36. The van der Waals surface area contributed by atoms with E-state index in [1.54, 1.807) is 17.6 Å².